The maximum absolute atomic E-state index is 12.0. The monoisotopic (exact) mass is 396 g/mol. The maximum atomic E-state index is 12.0. The Bertz CT molecular complexity index is 981. The van der Waals surface area contributed by atoms with Gasteiger partial charge >= 0.3 is 29.6 Å². The van der Waals surface area contributed by atoms with Crippen molar-refractivity contribution in [1.82, 2.24) is 0 Å². The molecule has 0 radical (unpaired) electrons. The van der Waals surface area contributed by atoms with Crippen LogP contribution in [0.3, 0.4) is 0 Å². The summed E-state index contributed by atoms with van der Waals surface area (Å²) in [6.07, 6.45) is 2.08. The molecular formula is C16H21NaO6S2. The van der Waals surface area contributed by atoms with E-state index in [4.69, 9.17) is 0 Å². The molecule has 25 heavy (non-hydrogen) atoms. The van der Waals surface area contributed by atoms with Gasteiger partial charge in [0.05, 0.1) is 0 Å². The van der Waals surface area contributed by atoms with Crippen molar-refractivity contribution in [3.8, 4) is 0 Å². The number of rotatable bonds is 6. The summed E-state index contributed by atoms with van der Waals surface area (Å²) in [6.45, 7) is 3.75. The first kappa shape index (κ1) is 22.6. The van der Waals surface area contributed by atoms with Crippen LogP contribution in [0.25, 0.3) is 10.8 Å². The summed E-state index contributed by atoms with van der Waals surface area (Å²) in [4.78, 5) is -1.45. The summed E-state index contributed by atoms with van der Waals surface area (Å²) in [5, 5.41) is 0.666. The molecule has 0 aliphatic carbocycles. The molecule has 2 aromatic rings. The molecule has 0 spiro atoms. The second-order valence-electron chi connectivity index (χ2n) is 5.61. The molecule has 2 N–H and O–H groups in total. The minimum absolute atomic E-state index is 0. The van der Waals surface area contributed by atoms with Gasteiger partial charge in [-0.1, -0.05) is 51.0 Å². The van der Waals surface area contributed by atoms with Crippen LogP contribution in [0, 0.1) is 0 Å². The average Bonchev–Trinajstić information content (AvgIpc) is 2.46. The SMILES string of the molecule is CCCc1c(S(=O)(=O)O)c(S(=O)(=O)O)c2ccccc2c1CCC.[NaH]. The van der Waals surface area contributed by atoms with Crippen LogP contribution >= 0.6 is 0 Å². The zero-order valence-electron chi connectivity index (χ0n) is 13.5. The van der Waals surface area contributed by atoms with Gasteiger partial charge in [-0.05, 0) is 29.4 Å². The van der Waals surface area contributed by atoms with Gasteiger partial charge in [-0.3, -0.25) is 9.11 Å². The van der Waals surface area contributed by atoms with E-state index in [1.807, 2.05) is 13.8 Å². The zero-order valence-corrected chi connectivity index (χ0v) is 15.1. The first-order valence-electron chi connectivity index (χ1n) is 7.64. The van der Waals surface area contributed by atoms with Gasteiger partial charge < -0.3 is 0 Å². The van der Waals surface area contributed by atoms with Crippen molar-refractivity contribution in [2.24, 2.45) is 0 Å². The number of benzene rings is 2. The normalized spacial score (nSPS) is 12.2. The molecule has 2 rings (SSSR count). The Hall–Kier alpha value is -0.480. The van der Waals surface area contributed by atoms with Crippen molar-refractivity contribution in [1.29, 1.82) is 0 Å². The van der Waals surface area contributed by atoms with E-state index in [9.17, 15) is 25.9 Å². The summed E-state index contributed by atoms with van der Waals surface area (Å²) in [7, 11) is -9.70. The molecule has 9 heteroatoms. The Kier molecular flexibility index (Phi) is 7.65. The van der Waals surface area contributed by atoms with Gasteiger partial charge in [-0.25, -0.2) is 0 Å². The summed E-state index contributed by atoms with van der Waals surface area (Å²) in [5.41, 5.74) is 0.947. The predicted octanol–water partition coefficient (Wildman–Crippen LogP) is 2.59. The fraction of sp³-hybridized carbons (Fsp3) is 0.375. The van der Waals surface area contributed by atoms with Crippen LogP contribution < -0.4 is 0 Å². The summed E-state index contributed by atoms with van der Waals surface area (Å²) in [6, 6.07) is 6.40. The zero-order chi connectivity index (χ0) is 18.1. The van der Waals surface area contributed by atoms with Gasteiger partial charge in [-0.2, -0.15) is 16.8 Å². The van der Waals surface area contributed by atoms with Crippen LogP contribution in [0.4, 0.5) is 0 Å². The van der Waals surface area contributed by atoms with E-state index < -0.39 is 30.0 Å². The summed E-state index contributed by atoms with van der Waals surface area (Å²) in [5.74, 6) is 0. The molecule has 0 atom stereocenters. The second kappa shape index (κ2) is 8.47. The van der Waals surface area contributed by atoms with E-state index in [0.717, 1.165) is 6.42 Å². The molecule has 134 valence electrons. The first-order valence-corrected chi connectivity index (χ1v) is 10.5. The van der Waals surface area contributed by atoms with Gasteiger partial charge in [0, 0.05) is 5.39 Å². The molecule has 0 bridgehead atoms. The van der Waals surface area contributed by atoms with Gasteiger partial charge in [0.1, 0.15) is 9.79 Å². The van der Waals surface area contributed by atoms with Crippen LogP contribution in [-0.2, 0) is 33.1 Å². The molecular weight excluding hydrogens is 375 g/mol. The molecule has 0 heterocycles. The molecule has 2 aromatic carbocycles. The van der Waals surface area contributed by atoms with Gasteiger partial charge in [0.15, 0.2) is 0 Å². The van der Waals surface area contributed by atoms with Crippen molar-refractivity contribution in [3.05, 3.63) is 35.4 Å². The number of aryl methyl sites for hydroxylation is 1. The average molecular weight is 396 g/mol. The van der Waals surface area contributed by atoms with Crippen molar-refractivity contribution in [3.63, 3.8) is 0 Å². The second-order valence-corrected chi connectivity index (χ2v) is 8.33. The quantitative estimate of drug-likeness (QED) is 0.574. The number of hydrogen-bond acceptors (Lipinski definition) is 4. The first-order chi connectivity index (χ1) is 11.1. The molecule has 0 aliphatic rings. The van der Waals surface area contributed by atoms with Crippen LogP contribution in [0.1, 0.15) is 37.8 Å². The molecule has 0 saturated carbocycles. The van der Waals surface area contributed by atoms with Crippen LogP contribution in [0.5, 0.6) is 0 Å². The molecule has 0 unspecified atom stereocenters. The van der Waals surface area contributed by atoms with E-state index in [-0.39, 0.29) is 46.9 Å². The molecule has 0 fully saturated rings. The fourth-order valence-electron chi connectivity index (χ4n) is 3.08. The van der Waals surface area contributed by atoms with E-state index in [0.29, 0.717) is 23.8 Å². The van der Waals surface area contributed by atoms with Crippen molar-refractivity contribution in [2.75, 3.05) is 0 Å². The Balaban J connectivity index is 0.00000312. The van der Waals surface area contributed by atoms with Crippen molar-refractivity contribution >= 4 is 60.6 Å². The van der Waals surface area contributed by atoms with Crippen molar-refractivity contribution < 1.29 is 25.9 Å². The van der Waals surface area contributed by atoms with Crippen LogP contribution in [-0.4, -0.2) is 55.5 Å². The van der Waals surface area contributed by atoms with E-state index in [1.54, 1.807) is 18.2 Å². The number of hydrogen-bond donors (Lipinski definition) is 2. The van der Waals surface area contributed by atoms with Crippen LogP contribution in [0.15, 0.2) is 34.1 Å². The molecule has 0 aliphatic heterocycles. The molecule has 0 amide bonds. The molecule has 0 aromatic heterocycles. The minimum atomic E-state index is -4.85. The van der Waals surface area contributed by atoms with Gasteiger partial charge in [0.25, 0.3) is 20.2 Å². The van der Waals surface area contributed by atoms with Gasteiger partial charge in [0.2, 0.25) is 0 Å². The van der Waals surface area contributed by atoms with E-state index in [1.165, 1.54) is 6.07 Å². The Morgan fingerprint density at radius 2 is 1.20 bits per heavy atom. The van der Waals surface area contributed by atoms with E-state index in [2.05, 4.69) is 0 Å². The topological polar surface area (TPSA) is 109 Å². The summed E-state index contributed by atoms with van der Waals surface area (Å²) >= 11 is 0. The molecule has 6 nitrogen and oxygen atoms in total. The third-order valence-electron chi connectivity index (χ3n) is 3.86. The predicted molar refractivity (Wildman–Crippen MR) is 98.7 cm³/mol. The third kappa shape index (κ3) is 4.63. The Labute approximate surface area is 170 Å². The summed E-state index contributed by atoms with van der Waals surface area (Å²) < 4.78 is 67.1. The molecule has 0 saturated heterocycles. The standard InChI is InChI=1S/C16H20O6S2.Na.H/c1-3-7-11-12-9-5-6-10-14(12)16(24(20,21)22)15(23(17,18)19)13(11)8-4-2;;/h5-6,9-10H,3-4,7-8H2,1-2H3,(H,17,18,19)(H,20,21,22);;. The van der Waals surface area contributed by atoms with Crippen LogP contribution in [0.2, 0.25) is 0 Å². The Morgan fingerprint density at radius 1 is 0.760 bits per heavy atom. The fourth-order valence-corrected chi connectivity index (χ4v) is 5.41. The van der Waals surface area contributed by atoms with Crippen molar-refractivity contribution in [2.45, 2.75) is 49.3 Å². The van der Waals surface area contributed by atoms with E-state index >= 15 is 0 Å². The van der Waals surface area contributed by atoms with Gasteiger partial charge in [-0.15, -0.1) is 0 Å². The Morgan fingerprint density at radius 3 is 1.64 bits per heavy atom. The third-order valence-corrected chi connectivity index (χ3v) is 5.89. The number of fused-ring (bicyclic) bond motifs is 1.